The molecule has 0 amide bonds. The number of ketones is 1. The number of aliphatic hydroxyl groups excluding tert-OH is 1. The SMILES string of the molecule is [C-]#[N+]/C=C1/CC[C@H]2[C@@H]3CC[C@H]4C[C@H](O)CC[C@]4(C)[C@H]3C(=O)C[C@]12C. The fourth-order valence-corrected chi connectivity index (χ4v) is 7.19. The lowest BCUT2D eigenvalue weighted by atomic mass is 9.44. The van der Waals surface area contributed by atoms with E-state index in [1.54, 1.807) is 6.20 Å². The van der Waals surface area contributed by atoms with Crippen LogP contribution >= 0.6 is 0 Å². The summed E-state index contributed by atoms with van der Waals surface area (Å²) >= 11 is 0. The topological polar surface area (TPSA) is 41.7 Å². The average Bonchev–Trinajstić information content (AvgIpc) is 2.84. The van der Waals surface area contributed by atoms with Crippen LogP contribution in [-0.4, -0.2) is 17.0 Å². The Bertz CT molecular complexity index is 632. The lowest BCUT2D eigenvalue weighted by molar-refractivity contribution is -0.157. The summed E-state index contributed by atoms with van der Waals surface area (Å²) in [7, 11) is 0. The van der Waals surface area contributed by atoms with Crippen molar-refractivity contribution in [3.05, 3.63) is 23.2 Å². The van der Waals surface area contributed by atoms with E-state index in [1.165, 1.54) is 5.57 Å². The first-order valence-corrected chi connectivity index (χ1v) is 9.67. The molecule has 0 heterocycles. The van der Waals surface area contributed by atoms with E-state index in [-0.39, 0.29) is 22.9 Å². The van der Waals surface area contributed by atoms with E-state index in [4.69, 9.17) is 6.57 Å². The average molecular weight is 327 g/mol. The zero-order valence-corrected chi connectivity index (χ0v) is 14.9. The van der Waals surface area contributed by atoms with Crippen molar-refractivity contribution in [1.29, 1.82) is 0 Å². The number of hydrogen-bond donors (Lipinski definition) is 1. The minimum absolute atomic E-state index is 0.0693. The van der Waals surface area contributed by atoms with Crippen LogP contribution in [0.4, 0.5) is 0 Å². The van der Waals surface area contributed by atoms with E-state index >= 15 is 0 Å². The first kappa shape index (κ1) is 16.3. The van der Waals surface area contributed by atoms with E-state index in [0.29, 0.717) is 30.0 Å². The molecule has 0 saturated heterocycles. The van der Waals surface area contributed by atoms with Crippen LogP contribution < -0.4 is 0 Å². The van der Waals surface area contributed by atoms with Gasteiger partial charge in [-0.1, -0.05) is 19.4 Å². The molecule has 0 aromatic rings. The van der Waals surface area contributed by atoms with Crippen molar-refractivity contribution >= 4 is 5.78 Å². The van der Waals surface area contributed by atoms with Crippen molar-refractivity contribution in [2.75, 3.05) is 0 Å². The second-order valence-electron chi connectivity index (χ2n) is 9.34. The predicted octanol–water partition coefficient (Wildman–Crippen LogP) is 4.37. The molecule has 0 spiro atoms. The smallest absolute Gasteiger partial charge is 0.154 e. The molecule has 4 aliphatic rings. The lowest BCUT2D eigenvalue weighted by Gasteiger charge is -2.59. The quantitative estimate of drug-likeness (QED) is 0.671. The Labute approximate surface area is 145 Å². The van der Waals surface area contributed by atoms with E-state index < -0.39 is 0 Å². The minimum Gasteiger partial charge on any atom is -0.393 e. The van der Waals surface area contributed by atoms with E-state index in [1.807, 2.05) is 0 Å². The van der Waals surface area contributed by atoms with Gasteiger partial charge in [0.15, 0.2) is 6.20 Å². The maximum Gasteiger partial charge on any atom is 0.154 e. The summed E-state index contributed by atoms with van der Waals surface area (Å²) in [5.41, 5.74) is 1.24. The Hall–Kier alpha value is -1.14. The van der Waals surface area contributed by atoms with Gasteiger partial charge in [-0.15, -0.1) is 0 Å². The minimum atomic E-state index is -0.164. The van der Waals surface area contributed by atoms with Gasteiger partial charge in [-0.05, 0) is 73.5 Å². The summed E-state index contributed by atoms with van der Waals surface area (Å²) in [6.07, 6.45) is 9.36. The van der Waals surface area contributed by atoms with Crippen LogP contribution in [0.15, 0.2) is 11.8 Å². The molecule has 4 aliphatic carbocycles. The number of hydrogen-bond acceptors (Lipinski definition) is 2. The third kappa shape index (κ3) is 2.08. The summed E-state index contributed by atoms with van der Waals surface area (Å²) in [5.74, 6) is 2.20. The molecule has 0 aromatic heterocycles. The number of aliphatic hydroxyl groups is 1. The number of fused-ring (bicyclic) bond motifs is 5. The van der Waals surface area contributed by atoms with Crippen LogP contribution in [0.1, 0.15) is 65.2 Å². The van der Waals surface area contributed by atoms with Gasteiger partial charge in [0.2, 0.25) is 0 Å². The predicted molar refractivity (Wildman–Crippen MR) is 92.8 cm³/mol. The Morgan fingerprint density at radius 2 is 2.04 bits per heavy atom. The van der Waals surface area contributed by atoms with Crippen molar-refractivity contribution in [3.8, 4) is 0 Å². The van der Waals surface area contributed by atoms with Gasteiger partial charge < -0.3 is 5.11 Å². The summed E-state index contributed by atoms with van der Waals surface area (Å²) in [6, 6.07) is 0. The van der Waals surface area contributed by atoms with E-state index in [0.717, 1.165) is 44.9 Å². The van der Waals surface area contributed by atoms with Crippen molar-refractivity contribution < 1.29 is 9.90 Å². The van der Waals surface area contributed by atoms with E-state index in [9.17, 15) is 9.90 Å². The van der Waals surface area contributed by atoms with Crippen LogP contribution in [-0.2, 0) is 4.79 Å². The fraction of sp³-hybridized carbons (Fsp3) is 0.810. The lowest BCUT2D eigenvalue weighted by Crippen LogP contribution is -2.57. The molecule has 7 atom stereocenters. The summed E-state index contributed by atoms with van der Waals surface area (Å²) in [6.45, 7) is 11.8. The van der Waals surface area contributed by atoms with Crippen molar-refractivity contribution in [2.45, 2.75) is 71.3 Å². The highest BCUT2D eigenvalue weighted by Gasteiger charge is 2.61. The van der Waals surface area contributed by atoms with Crippen molar-refractivity contribution in [1.82, 2.24) is 0 Å². The molecule has 130 valence electrons. The van der Waals surface area contributed by atoms with Gasteiger partial charge in [-0.3, -0.25) is 4.79 Å². The van der Waals surface area contributed by atoms with E-state index in [2.05, 4.69) is 18.7 Å². The third-order valence-corrected chi connectivity index (χ3v) is 8.39. The number of Topliss-reactive ketones (excluding diaryl/α,β-unsaturated/α-hetero) is 1. The molecule has 0 aromatic carbocycles. The third-order valence-electron chi connectivity index (χ3n) is 8.39. The van der Waals surface area contributed by atoms with Crippen molar-refractivity contribution in [3.63, 3.8) is 0 Å². The first-order chi connectivity index (χ1) is 11.4. The molecule has 3 heteroatoms. The van der Waals surface area contributed by atoms with Gasteiger partial charge in [0.25, 0.3) is 0 Å². The van der Waals surface area contributed by atoms with Gasteiger partial charge in [0.05, 0.1) is 12.7 Å². The van der Waals surface area contributed by atoms with Crippen LogP contribution in [0.25, 0.3) is 4.85 Å². The molecule has 0 unspecified atom stereocenters. The highest BCUT2D eigenvalue weighted by molar-refractivity contribution is 5.85. The van der Waals surface area contributed by atoms with Crippen LogP contribution in [0.5, 0.6) is 0 Å². The Morgan fingerprint density at radius 3 is 2.79 bits per heavy atom. The molecule has 1 N–H and O–H groups in total. The number of carbonyl (C=O) groups excluding carboxylic acids is 1. The van der Waals surface area contributed by atoms with Gasteiger partial charge in [0.1, 0.15) is 5.78 Å². The summed E-state index contributed by atoms with van der Waals surface area (Å²) < 4.78 is 0. The van der Waals surface area contributed by atoms with Crippen LogP contribution in [0.3, 0.4) is 0 Å². The zero-order valence-electron chi connectivity index (χ0n) is 14.9. The zero-order chi connectivity index (χ0) is 17.1. The van der Waals surface area contributed by atoms with Gasteiger partial charge >= 0.3 is 0 Å². The summed E-state index contributed by atoms with van der Waals surface area (Å²) in [5, 5.41) is 10.1. The highest BCUT2D eigenvalue weighted by atomic mass is 16.3. The van der Waals surface area contributed by atoms with Crippen LogP contribution in [0, 0.1) is 41.1 Å². The number of allylic oxidation sites excluding steroid dienone is 1. The maximum atomic E-state index is 13.3. The Morgan fingerprint density at radius 1 is 1.25 bits per heavy atom. The monoisotopic (exact) mass is 327 g/mol. The van der Waals surface area contributed by atoms with Gasteiger partial charge in [-0.25, -0.2) is 4.85 Å². The Kier molecular flexibility index (Phi) is 3.69. The normalized spacial score (nSPS) is 52.3. The fourth-order valence-electron chi connectivity index (χ4n) is 7.19. The molecule has 0 aliphatic heterocycles. The second-order valence-corrected chi connectivity index (χ2v) is 9.34. The largest absolute Gasteiger partial charge is 0.393 e. The molecule has 24 heavy (non-hydrogen) atoms. The molecule has 0 radical (unpaired) electrons. The highest BCUT2D eigenvalue weighted by Crippen LogP contribution is 2.66. The maximum absolute atomic E-state index is 13.3. The second kappa shape index (κ2) is 5.43. The molecule has 0 bridgehead atoms. The molecular formula is C21H29NO2. The molecule has 4 rings (SSSR count). The number of carbonyl (C=O) groups is 1. The van der Waals surface area contributed by atoms with Gasteiger partial charge in [0, 0.05) is 12.3 Å². The number of nitrogens with zero attached hydrogens (tertiary/aromatic N) is 1. The van der Waals surface area contributed by atoms with Gasteiger partial charge in [-0.2, -0.15) is 0 Å². The standard InChI is InChI=1S/C21H29NO2/c1-20-9-8-15(23)10-13(20)4-6-16-17-7-5-14(12-22-3)21(17,2)11-18(24)19(16)20/h12-13,15-17,19,23H,4-11H2,1-2H3/b14-12-/t13-,15+,16-,17-,19+,20-,21+/m0/s1. The first-order valence-electron chi connectivity index (χ1n) is 9.67. The summed E-state index contributed by atoms with van der Waals surface area (Å²) in [4.78, 5) is 16.8. The number of rotatable bonds is 0. The van der Waals surface area contributed by atoms with Crippen LogP contribution in [0.2, 0.25) is 0 Å². The molecule has 4 fully saturated rings. The molecular weight excluding hydrogens is 298 g/mol. The van der Waals surface area contributed by atoms with Crippen molar-refractivity contribution in [2.24, 2.45) is 34.5 Å². The molecule has 3 nitrogen and oxygen atoms in total. The molecule has 4 saturated carbocycles. The Balaban J connectivity index is 1.70.